The predicted molar refractivity (Wildman–Crippen MR) is 116 cm³/mol. The minimum atomic E-state index is -0.0792. The molecule has 3 heterocycles. The van der Waals surface area contributed by atoms with Gasteiger partial charge in [-0.1, -0.05) is 29.8 Å². The van der Waals surface area contributed by atoms with Gasteiger partial charge in [0.15, 0.2) is 5.82 Å². The number of nitrogens with one attached hydrogen (secondary N) is 2. The Balaban J connectivity index is 1.82. The molecular weight excluding hydrogens is 354 g/mol. The molecule has 4 rings (SSSR count). The maximum Gasteiger partial charge on any atom is 0.225 e. The van der Waals surface area contributed by atoms with E-state index in [-0.39, 0.29) is 5.54 Å². The number of hydrogen-bond donors (Lipinski definition) is 2. The fraction of sp³-hybridized carbons (Fsp3) is 0.429. The molecule has 27 heavy (non-hydrogen) atoms. The van der Waals surface area contributed by atoms with Crippen molar-refractivity contribution in [3.8, 4) is 10.4 Å². The first-order valence-corrected chi connectivity index (χ1v) is 10.3. The fourth-order valence-electron chi connectivity index (χ4n) is 3.26. The second kappa shape index (κ2) is 7.09. The summed E-state index contributed by atoms with van der Waals surface area (Å²) < 4.78 is 1.17. The maximum absolute atomic E-state index is 4.92. The van der Waals surface area contributed by atoms with E-state index in [1.54, 1.807) is 11.3 Å². The minimum absolute atomic E-state index is 0.0792. The highest BCUT2D eigenvalue weighted by Gasteiger charge is 2.21. The lowest BCUT2D eigenvalue weighted by Crippen LogP contribution is -2.44. The Morgan fingerprint density at radius 1 is 1.07 bits per heavy atom. The van der Waals surface area contributed by atoms with Crippen LogP contribution in [0.2, 0.25) is 0 Å². The molecule has 1 aromatic carbocycles. The van der Waals surface area contributed by atoms with Crippen LogP contribution in [-0.4, -0.2) is 41.7 Å². The number of fused-ring (bicyclic) bond motifs is 1. The molecule has 6 heteroatoms. The zero-order chi connectivity index (χ0) is 19.0. The number of anilines is 2. The van der Waals surface area contributed by atoms with E-state index < -0.39 is 0 Å². The lowest BCUT2D eigenvalue weighted by Gasteiger charge is -2.29. The van der Waals surface area contributed by atoms with E-state index in [4.69, 9.17) is 9.97 Å². The molecule has 1 aliphatic rings. The second-order valence-electron chi connectivity index (χ2n) is 8.17. The summed E-state index contributed by atoms with van der Waals surface area (Å²) in [5.41, 5.74) is 3.45. The summed E-state index contributed by atoms with van der Waals surface area (Å²) in [6.45, 7) is 12.4. The smallest absolute Gasteiger partial charge is 0.225 e. The van der Waals surface area contributed by atoms with Crippen LogP contribution < -0.4 is 15.5 Å². The molecule has 0 amide bonds. The summed E-state index contributed by atoms with van der Waals surface area (Å²) in [4.78, 5) is 13.4. The first-order chi connectivity index (χ1) is 12.9. The average Bonchev–Trinajstić information content (AvgIpc) is 3.05. The molecular formula is C21H27N5S. The Bertz CT molecular complexity index is 934. The Morgan fingerprint density at radius 2 is 1.78 bits per heavy atom. The molecule has 2 N–H and O–H groups in total. The largest absolute Gasteiger partial charge is 0.353 e. The topological polar surface area (TPSA) is 53.1 Å². The van der Waals surface area contributed by atoms with Crippen LogP contribution in [0.5, 0.6) is 0 Å². The van der Waals surface area contributed by atoms with Crippen molar-refractivity contribution in [1.29, 1.82) is 0 Å². The molecule has 0 saturated carbocycles. The van der Waals surface area contributed by atoms with Gasteiger partial charge in [0.2, 0.25) is 5.95 Å². The van der Waals surface area contributed by atoms with Crippen LogP contribution in [0.4, 0.5) is 11.8 Å². The lowest BCUT2D eigenvalue weighted by atomic mass is 10.1. The van der Waals surface area contributed by atoms with Crippen molar-refractivity contribution in [2.24, 2.45) is 0 Å². The number of aryl methyl sites for hydroxylation is 1. The van der Waals surface area contributed by atoms with Crippen molar-refractivity contribution in [2.45, 2.75) is 33.2 Å². The summed E-state index contributed by atoms with van der Waals surface area (Å²) in [7, 11) is 0. The standard InChI is InChI=1S/C21H27N5S/c1-14-5-7-15(8-6-14)17-13-16-18(27-17)19(26-11-9-22-10-12-26)24-20(23-16)25-21(2,3)4/h5-8,13,22H,9-12H2,1-4H3,(H,23,24,25). The molecule has 142 valence electrons. The van der Waals surface area contributed by atoms with Crippen LogP contribution in [-0.2, 0) is 0 Å². The van der Waals surface area contributed by atoms with Crippen molar-refractivity contribution in [2.75, 3.05) is 36.4 Å². The number of piperazine rings is 1. The number of benzene rings is 1. The van der Waals surface area contributed by atoms with E-state index in [1.807, 2.05) is 0 Å². The molecule has 0 radical (unpaired) electrons. The Kier molecular flexibility index (Phi) is 4.78. The first-order valence-electron chi connectivity index (χ1n) is 9.51. The third-order valence-electron chi connectivity index (χ3n) is 4.59. The van der Waals surface area contributed by atoms with Gasteiger partial charge in [-0.15, -0.1) is 11.3 Å². The van der Waals surface area contributed by atoms with Crippen molar-refractivity contribution >= 4 is 33.3 Å². The molecule has 2 aromatic heterocycles. The van der Waals surface area contributed by atoms with Gasteiger partial charge in [0.25, 0.3) is 0 Å². The van der Waals surface area contributed by atoms with Gasteiger partial charge in [0, 0.05) is 36.6 Å². The van der Waals surface area contributed by atoms with Crippen LogP contribution >= 0.6 is 11.3 Å². The molecule has 5 nitrogen and oxygen atoms in total. The molecule has 1 fully saturated rings. The second-order valence-corrected chi connectivity index (χ2v) is 9.23. The monoisotopic (exact) mass is 381 g/mol. The van der Waals surface area contributed by atoms with Gasteiger partial charge >= 0.3 is 0 Å². The summed E-state index contributed by atoms with van der Waals surface area (Å²) in [5, 5.41) is 6.87. The molecule has 1 aliphatic heterocycles. The molecule has 0 bridgehead atoms. The van der Waals surface area contributed by atoms with Gasteiger partial charge in [0.1, 0.15) is 0 Å². The average molecular weight is 382 g/mol. The number of rotatable bonds is 3. The van der Waals surface area contributed by atoms with Crippen molar-refractivity contribution in [3.63, 3.8) is 0 Å². The van der Waals surface area contributed by atoms with E-state index in [9.17, 15) is 0 Å². The molecule has 0 unspecified atom stereocenters. The Morgan fingerprint density at radius 3 is 2.44 bits per heavy atom. The minimum Gasteiger partial charge on any atom is -0.353 e. The lowest BCUT2D eigenvalue weighted by molar-refractivity contribution is 0.585. The molecule has 0 atom stereocenters. The highest BCUT2D eigenvalue weighted by atomic mass is 32.1. The van der Waals surface area contributed by atoms with Crippen molar-refractivity contribution in [1.82, 2.24) is 15.3 Å². The quantitative estimate of drug-likeness (QED) is 0.709. The summed E-state index contributed by atoms with van der Waals surface area (Å²) in [6, 6.07) is 10.9. The number of aromatic nitrogens is 2. The first kappa shape index (κ1) is 18.2. The predicted octanol–water partition coefficient (Wildman–Crippen LogP) is 4.29. The zero-order valence-corrected chi connectivity index (χ0v) is 17.3. The highest BCUT2D eigenvalue weighted by Crippen LogP contribution is 2.38. The van der Waals surface area contributed by atoms with Gasteiger partial charge in [-0.3, -0.25) is 0 Å². The van der Waals surface area contributed by atoms with E-state index in [0.29, 0.717) is 5.95 Å². The Hall–Kier alpha value is -2.18. The van der Waals surface area contributed by atoms with Crippen molar-refractivity contribution in [3.05, 3.63) is 35.9 Å². The SMILES string of the molecule is Cc1ccc(-c2cc3nc(NC(C)(C)C)nc(N4CCNCC4)c3s2)cc1. The Labute approximate surface area is 164 Å². The van der Waals surface area contributed by atoms with E-state index in [1.165, 1.54) is 20.7 Å². The molecule has 1 saturated heterocycles. The van der Waals surface area contributed by atoms with Crippen LogP contribution in [0.3, 0.4) is 0 Å². The van der Waals surface area contributed by atoms with Crippen LogP contribution in [0.25, 0.3) is 20.7 Å². The fourth-order valence-corrected chi connectivity index (χ4v) is 4.38. The van der Waals surface area contributed by atoms with Crippen molar-refractivity contribution < 1.29 is 0 Å². The summed E-state index contributed by atoms with van der Waals surface area (Å²) in [6.07, 6.45) is 0. The summed E-state index contributed by atoms with van der Waals surface area (Å²) in [5.74, 6) is 1.76. The normalized spacial score (nSPS) is 15.3. The maximum atomic E-state index is 4.92. The van der Waals surface area contributed by atoms with Crippen LogP contribution in [0.15, 0.2) is 30.3 Å². The molecule has 0 aliphatic carbocycles. The van der Waals surface area contributed by atoms with Gasteiger partial charge in [0.05, 0.1) is 10.2 Å². The summed E-state index contributed by atoms with van der Waals surface area (Å²) >= 11 is 1.79. The zero-order valence-electron chi connectivity index (χ0n) is 16.5. The van der Waals surface area contributed by atoms with Gasteiger partial charge in [-0.25, -0.2) is 4.98 Å². The van der Waals surface area contributed by atoms with Gasteiger partial charge in [-0.2, -0.15) is 4.98 Å². The number of thiophene rings is 1. The van der Waals surface area contributed by atoms with Crippen LogP contribution in [0, 0.1) is 6.92 Å². The molecule has 3 aromatic rings. The van der Waals surface area contributed by atoms with E-state index >= 15 is 0 Å². The third-order valence-corrected chi connectivity index (χ3v) is 5.76. The van der Waals surface area contributed by atoms with Gasteiger partial charge in [-0.05, 0) is 39.3 Å². The van der Waals surface area contributed by atoms with Crippen LogP contribution in [0.1, 0.15) is 26.3 Å². The highest BCUT2D eigenvalue weighted by molar-refractivity contribution is 7.22. The van der Waals surface area contributed by atoms with Gasteiger partial charge < -0.3 is 15.5 Å². The third kappa shape index (κ3) is 4.06. The number of nitrogens with zero attached hydrogens (tertiary/aromatic N) is 3. The molecule has 0 spiro atoms. The van der Waals surface area contributed by atoms with E-state index in [0.717, 1.165) is 37.5 Å². The van der Waals surface area contributed by atoms with E-state index in [2.05, 4.69) is 73.6 Å². The number of hydrogen-bond acceptors (Lipinski definition) is 6.